The minimum Gasteiger partial charge on any atom is -0.480 e. The lowest BCUT2D eigenvalue weighted by atomic mass is 10.2. The maximum atomic E-state index is 10.9. The molecule has 0 heterocycles. The molecule has 3 N–H and O–H groups in total. The van der Waals surface area contributed by atoms with Crippen LogP contribution in [0.25, 0.3) is 0 Å². The van der Waals surface area contributed by atoms with Crippen LogP contribution in [0.2, 0.25) is 0 Å². The Morgan fingerprint density at radius 1 is 1.50 bits per heavy atom. The quantitative estimate of drug-likeness (QED) is 0.557. The van der Waals surface area contributed by atoms with E-state index < -0.39 is 18.1 Å². The third-order valence-corrected chi connectivity index (χ3v) is 2.55. The number of nitrogens with one attached hydrogen (secondary N) is 1. The number of carboxylic acid groups (broad SMARTS) is 1. The minimum absolute atomic E-state index is 0.0772. The van der Waals surface area contributed by atoms with Gasteiger partial charge in [0.1, 0.15) is 6.04 Å². The summed E-state index contributed by atoms with van der Waals surface area (Å²) in [4.78, 5) is 10.9. The van der Waals surface area contributed by atoms with Crippen molar-refractivity contribution >= 4 is 5.97 Å². The number of aliphatic hydroxyl groups excluding tert-OH is 1. The molecule has 0 bridgehead atoms. The fourth-order valence-corrected chi connectivity index (χ4v) is 1.51. The van der Waals surface area contributed by atoms with Gasteiger partial charge in [0.25, 0.3) is 0 Å². The number of aliphatic hydroxyl groups is 1. The Morgan fingerprint density at radius 3 is 2.56 bits per heavy atom. The summed E-state index contributed by atoms with van der Waals surface area (Å²) in [5, 5.41) is 21.4. The third-order valence-electron chi connectivity index (χ3n) is 2.55. The fraction of sp³-hybridized carbons (Fsp3) is 0.909. The summed E-state index contributed by atoms with van der Waals surface area (Å²) in [6, 6.07) is -0.520. The van der Waals surface area contributed by atoms with Gasteiger partial charge in [0.05, 0.1) is 18.8 Å². The molecule has 5 heteroatoms. The second kappa shape index (κ2) is 6.18. The Hall–Kier alpha value is -0.650. The van der Waals surface area contributed by atoms with Gasteiger partial charge in [-0.2, -0.15) is 0 Å². The highest BCUT2D eigenvalue weighted by Crippen LogP contribution is 2.32. The van der Waals surface area contributed by atoms with E-state index in [-0.39, 0.29) is 25.2 Å². The maximum absolute atomic E-state index is 10.9. The molecule has 0 amide bonds. The highest BCUT2D eigenvalue weighted by Gasteiger charge is 2.36. The lowest BCUT2D eigenvalue weighted by molar-refractivity contribution is -0.140. The number of ether oxygens (including phenoxy) is 1. The number of hydrogen-bond donors (Lipinski definition) is 3. The Balaban J connectivity index is 2.18. The topological polar surface area (TPSA) is 78.8 Å². The molecule has 16 heavy (non-hydrogen) atoms. The standard InChI is InChI=1S/C11H21NO4/c1-7(2)16-6-9(13)5-12-10(11(14)15)8-3-4-8/h7-10,12-13H,3-6H2,1-2H3,(H,14,15). The van der Waals surface area contributed by atoms with E-state index in [4.69, 9.17) is 9.84 Å². The first-order valence-electron chi connectivity index (χ1n) is 5.76. The second-order valence-corrected chi connectivity index (χ2v) is 4.60. The van der Waals surface area contributed by atoms with Gasteiger partial charge in [-0.3, -0.25) is 4.79 Å². The molecule has 94 valence electrons. The number of hydrogen-bond acceptors (Lipinski definition) is 4. The molecule has 0 aromatic heterocycles. The summed E-state index contributed by atoms with van der Waals surface area (Å²) < 4.78 is 5.24. The lowest BCUT2D eigenvalue weighted by Crippen LogP contribution is -2.43. The van der Waals surface area contributed by atoms with Gasteiger partial charge in [-0.25, -0.2) is 0 Å². The highest BCUT2D eigenvalue weighted by molar-refractivity contribution is 5.74. The molecule has 1 saturated carbocycles. The first-order valence-corrected chi connectivity index (χ1v) is 5.76. The number of rotatable bonds is 8. The van der Waals surface area contributed by atoms with E-state index in [0.29, 0.717) is 0 Å². The van der Waals surface area contributed by atoms with Crippen LogP contribution in [0.4, 0.5) is 0 Å². The maximum Gasteiger partial charge on any atom is 0.320 e. The zero-order chi connectivity index (χ0) is 12.1. The van der Waals surface area contributed by atoms with E-state index in [2.05, 4.69) is 5.32 Å². The van der Waals surface area contributed by atoms with Crippen molar-refractivity contribution in [2.24, 2.45) is 5.92 Å². The van der Waals surface area contributed by atoms with Crippen molar-refractivity contribution in [1.82, 2.24) is 5.32 Å². The van der Waals surface area contributed by atoms with E-state index >= 15 is 0 Å². The highest BCUT2D eigenvalue weighted by atomic mass is 16.5. The molecule has 1 fully saturated rings. The molecule has 0 radical (unpaired) electrons. The molecule has 0 aromatic carbocycles. The van der Waals surface area contributed by atoms with Gasteiger partial charge >= 0.3 is 5.97 Å². The minimum atomic E-state index is -0.834. The van der Waals surface area contributed by atoms with Crippen LogP contribution in [-0.2, 0) is 9.53 Å². The summed E-state index contributed by atoms with van der Waals surface area (Å²) in [5.41, 5.74) is 0. The molecule has 1 aliphatic rings. The molecule has 2 unspecified atom stereocenters. The van der Waals surface area contributed by atoms with Crippen molar-refractivity contribution in [1.29, 1.82) is 0 Å². The summed E-state index contributed by atoms with van der Waals surface area (Å²) in [7, 11) is 0. The Kier molecular flexibility index (Phi) is 5.18. The van der Waals surface area contributed by atoms with E-state index in [1.165, 1.54) is 0 Å². The number of carboxylic acids is 1. The van der Waals surface area contributed by atoms with Crippen molar-refractivity contribution < 1.29 is 19.7 Å². The summed E-state index contributed by atoms with van der Waals surface area (Å²) in [5.74, 6) is -0.602. The van der Waals surface area contributed by atoms with Gasteiger partial charge in [-0.05, 0) is 32.6 Å². The van der Waals surface area contributed by atoms with Crippen LogP contribution in [0.5, 0.6) is 0 Å². The Labute approximate surface area is 95.8 Å². The van der Waals surface area contributed by atoms with Crippen LogP contribution in [0.15, 0.2) is 0 Å². The number of carbonyl (C=O) groups is 1. The first-order chi connectivity index (χ1) is 7.50. The summed E-state index contributed by atoms with van der Waals surface area (Å²) >= 11 is 0. The smallest absolute Gasteiger partial charge is 0.320 e. The SMILES string of the molecule is CC(C)OCC(O)CNC(C(=O)O)C1CC1. The molecule has 0 aromatic rings. The van der Waals surface area contributed by atoms with Gasteiger partial charge in [-0.15, -0.1) is 0 Å². The van der Waals surface area contributed by atoms with E-state index in [1.54, 1.807) is 0 Å². The van der Waals surface area contributed by atoms with Gasteiger partial charge in [-0.1, -0.05) is 0 Å². The molecular formula is C11H21NO4. The third kappa shape index (κ3) is 4.92. The van der Waals surface area contributed by atoms with Crippen molar-refractivity contribution in [3.63, 3.8) is 0 Å². The van der Waals surface area contributed by atoms with E-state index in [1.807, 2.05) is 13.8 Å². The Morgan fingerprint density at radius 2 is 2.12 bits per heavy atom. The molecular weight excluding hydrogens is 210 g/mol. The summed E-state index contributed by atoms with van der Waals surface area (Å²) in [6.07, 6.45) is 1.35. The molecule has 0 aliphatic heterocycles. The molecule has 1 aliphatic carbocycles. The molecule has 2 atom stereocenters. The predicted molar refractivity (Wildman–Crippen MR) is 59.2 cm³/mol. The van der Waals surface area contributed by atoms with Gasteiger partial charge in [0.15, 0.2) is 0 Å². The van der Waals surface area contributed by atoms with Gasteiger partial charge in [0, 0.05) is 6.54 Å². The fourth-order valence-electron chi connectivity index (χ4n) is 1.51. The van der Waals surface area contributed by atoms with Crippen molar-refractivity contribution in [3.8, 4) is 0 Å². The Bertz CT molecular complexity index is 228. The van der Waals surface area contributed by atoms with Crippen molar-refractivity contribution in [2.75, 3.05) is 13.2 Å². The van der Waals surface area contributed by atoms with Crippen LogP contribution in [-0.4, -0.2) is 47.6 Å². The molecule has 5 nitrogen and oxygen atoms in total. The number of aliphatic carboxylic acids is 1. The average Bonchev–Trinajstić information content (AvgIpc) is 2.98. The monoisotopic (exact) mass is 231 g/mol. The molecule has 0 spiro atoms. The van der Waals surface area contributed by atoms with E-state index in [0.717, 1.165) is 12.8 Å². The average molecular weight is 231 g/mol. The van der Waals surface area contributed by atoms with Crippen LogP contribution >= 0.6 is 0 Å². The van der Waals surface area contributed by atoms with Crippen molar-refractivity contribution in [2.45, 2.75) is 44.9 Å². The predicted octanol–water partition coefficient (Wildman–Crippen LogP) is 0.225. The second-order valence-electron chi connectivity index (χ2n) is 4.60. The lowest BCUT2D eigenvalue weighted by Gasteiger charge is -2.18. The molecule has 1 rings (SSSR count). The zero-order valence-corrected chi connectivity index (χ0v) is 9.85. The molecule has 0 saturated heterocycles. The zero-order valence-electron chi connectivity index (χ0n) is 9.85. The van der Waals surface area contributed by atoms with Crippen LogP contribution in [0.1, 0.15) is 26.7 Å². The van der Waals surface area contributed by atoms with Crippen molar-refractivity contribution in [3.05, 3.63) is 0 Å². The van der Waals surface area contributed by atoms with Gasteiger partial charge < -0.3 is 20.3 Å². The largest absolute Gasteiger partial charge is 0.480 e. The van der Waals surface area contributed by atoms with Crippen LogP contribution < -0.4 is 5.32 Å². The summed E-state index contributed by atoms with van der Waals surface area (Å²) in [6.45, 7) is 4.29. The van der Waals surface area contributed by atoms with Crippen LogP contribution in [0.3, 0.4) is 0 Å². The van der Waals surface area contributed by atoms with Gasteiger partial charge in [0.2, 0.25) is 0 Å². The first kappa shape index (κ1) is 13.4. The van der Waals surface area contributed by atoms with E-state index in [9.17, 15) is 9.90 Å². The van der Waals surface area contributed by atoms with Crippen LogP contribution in [0, 0.1) is 5.92 Å². The normalized spacial score (nSPS) is 19.8.